The number of amides is 4. The van der Waals surface area contributed by atoms with E-state index in [1.165, 1.54) is 42.6 Å². The van der Waals surface area contributed by atoms with E-state index in [0.29, 0.717) is 11.8 Å². The van der Waals surface area contributed by atoms with Gasteiger partial charge in [0.15, 0.2) is 0 Å². The van der Waals surface area contributed by atoms with Gasteiger partial charge in [-0.3, -0.25) is 25.4 Å². The molecule has 4 amide bonds. The van der Waals surface area contributed by atoms with Gasteiger partial charge in [0.1, 0.15) is 17.2 Å². The molecular weight excluding hydrogens is 620 g/mol. The summed E-state index contributed by atoms with van der Waals surface area (Å²) in [5.74, 6) is -1.49. The molecule has 9 nitrogen and oxygen atoms in total. The predicted octanol–water partition coefficient (Wildman–Crippen LogP) is 7.28. The molecule has 0 aliphatic rings. The maximum Gasteiger partial charge on any atom is 0.417 e. The van der Waals surface area contributed by atoms with Crippen LogP contribution in [0.25, 0.3) is 0 Å². The first-order chi connectivity index (χ1) is 20.7. The van der Waals surface area contributed by atoms with Crippen LogP contribution in [-0.4, -0.2) is 22.8 Å². The number of alkyl halides is 6. The number of pyridine rings is 1. The lowest BCUT2D eigenvalue weighted by atomic mass is 10.1. The van der Waals surface area contributed by atoms with Gasteiger partial charge in [-0.15, -0.1) is 0 Å². The summed E-state index contributed by atoms with van der Waals surface area (Å²) in [7, 11) is 0. The van der Waals surface area contributed by atoms with Crippen LogP contribution in [0.3, 0.4) is 0 Å². The largest absolute Gasteiger partial charge is 0.457 e. The summed E-state index contributed by atoms with van der Waals surface area (Å²) in [6, 6.07) is 14.3. The molecule has 0 saturated heterocycles. The number of hydrogen-bond acceptors (Lipinski definition) is 5. The average molecular weight is 638 g/mol. The molecule has 0 aliphatic carbocycles. The SMILES string of the molecule is O=C(Nc1ccc(Oc2ccnc(C(=O)NNC(=O)c3ccc(Cl)c(C(F)(F)F)c3)c2)cc1)Nc1ccc(C(F)(F)F)cc1. The van der Waals surface area contributed by atoms with Crippen LogP contribution in [0.4, 0.5) is 42.5 Å². The Labute approximate surface area is 249 Å². The van der Waals surface area contributed by atoms with Crippen molar-refractivity contribution in [1.29, 1.82) is 0 Å². The molecule has 0 saturated carbocycles. The molecule has 228 valence electrons. The van der Waals surface area contributed by atoms with Crippen molar-refractivity contribution in [3.05, 3.63) is 112 Å². The minimum atomic E-state index is -4.79. The second kappa shape index (κ2) is 12.9. The molecule has 0 spiro atoms. The van der Waals surface area contributed by atoms with Gasteiger partial charge in [0.25, 0.3) is 11.8 Å². The lowest BCUT2D eigenvalue weighted by Gasteiger charge is -2.12. The number of aromatic nitrogens is 1. The number of hydrogen-bond donors (Lipinski definition) is 4. The van der Waals surface area contributed by atoms with E-state index in [0.717, 1.165) is 36.4 Å². The quantitative estimate of drug-likeness (QED) is 0.131. The molecule has 0 radical (unpaired) electrons. The number of halogens is 7. The normalized spacial score (nSPS) is 11.3. The van der Waals surface area contributed by atoms with Crippen molar-refractivity contribution in [3.8, 4) is 11.5 Å². The first kappa shape index (κ1) is 31.6. The van der Waals surface area contributed by atoms with Crippen molar-refractivity contribution >= 4 is 40.8 Å². The zero-order chi connectivity index (χ0) is 32.1. The van der Waals surface area contributed by atoms with Crippen LogP contribution in [0.5, 0.6) is 11.5 Å². The van der Waals surface area contributed by atoms with Crippen molar-refractivity contribution in [2.75, 3.05) is 10.6 Å². The molecule has 4 rings (SSSR count). The topological polar surface area (TPSA) is 121 Å². The Morgan fingerprint density at radius 3 is 1.86 bits per heavy atom. The molecule has 44 heavy (non-hydrogen) atoms. The van der Waals surface area contributed by atoms with E-state index in [-0.39, 0.29) is 22.9 Å². The summed E-state index contributed by atoms with van der Waals surface area (Å²) in [6.45, 7) is 0. The summed E-state index contributed by atoms with van der Waals surface area (Å²) in [5, 5.41) is 4.33. The lowest BCUT2D eigenvalue weighted by molar-refractivity contribution is -0.138. The highest BCUT2D eigenvalue weighted by molar-refractivity contribution is 6.31. The average Bonchev–Trinajstić information content (AvgIpc) is 2.96. The van der Waals surface area contributed by atoms with Gasteiger partial charge < -0.3 is 15.4 Å². The van der Waals surface area contributed by atoms with Crippen LogP contribution in [0.1, 0.15) is 32.0 Å². The maximum absolute atomic E-state index is 13.1. The number of ether oxygens (including phenoxy) is 1. The number of hydrazine groups is 1. The van der Waals surface area contributed by atoms with Crippen molar-refractivity contribution in [3.63, 3.8) is 0 Å². The number of carbonyl (C=O) groups is 3. The Morgan fingerprint density at radius 2 is 1.27 bits per heavy atom. The monoisotopic (exact) mass is 637 g/mol. The van der Waals surface area contributed by atoms with Crippen LogP contribution in [0.2, 0.25) is 5.02 Å². The van der Waals surface area contributed by atoms with E-state index in [9.17, 15) is 40.7 Å². The molecular formula is C28H18ClF6N5O4. The summed E-state index contributed by atoms with van der Waals surface area (Å²) in [5.41, 5.74) is 1.85. The second-order valence-electron chi connectivity index (χ2n) is 8.76. The Bertz CT molecular complexity index is 1680. The molecule has 1 aromatic heterocycles. The summed E-state index contributed by atoms with van der Waals surface area (Å²) in [6.07, 6.45) is -8.05. The Morgan fingerprint density at radius 1 is 0.682 bits per heavy atom. The number of anilines is 2. The van der Waals surface area contributed by atoms with E-state index in [4.69, 9.17) is 16.3 Å². The van der Waals surface area contributed by atoms with Crippen LogP contribution in [0, 0.1) is 0 Å². The number of urea groups is 1. The third-order valence-corrected chi connectivity index (χ3v) is 5.94. The smallest absolute Gasteiger partial charge is 0.417 e. The lowest BCUT2D eigenvalue weighted by Crippen LogP contribution is -2.42. The van der Waals surface area contributed by atoms with Gasteiger partial charge in [0.05, 0.1) is 16.1 Å². The highest BCUT2D eigenvalue weighted by Crippen LogP contribution is 2.35. The third kappa shape index (κ3) is 8.38. The highest BCUT2D eigenvalue weighted by atomic mass is 35.5. The maximum atomic E-state index is 13.1. The van der Waals surface area contributed by atoms with Crippen LogP contribution >= 0.6 is 11.6 Å². The minimum absolute atomic E-state index is 0.146. The van der Waals surface area contributed by atoms with Gasteiger partial charge in [-0.1, -0.05) is 11.6 Å². The van der Waals surface area contributed by atoms with Crippen LogP contribution in [0.15, 0.2) is 85.1 Å². The van der Waals surface area contributed by atoms with E-state index >= 15 is 0 Å². The number of nitrogens with zero attached hydrogens (tertiary/aromatic N) is 1. The first-order valence-corrected chi connectivity index (χ1v) is 12.5. The Balaban J connectivity index is 1.31. The summed E-state index contributed by atoms with van der Waals surface area (Å²) < 4.78 is 82.9. The van der Waals surface area contributed by atoms with Gasteiger partial charge in [-0.05, 0) is 72.8 Å². The van der Waals surface area contributed by atoms with Gasteiger partial charge in [0.2, 0.25) is 0 Å². The van der Waals surface area contributed by atoms with Gasteiger partial charge in [0, 0.05) is 29.2 Å². The Kier molecular flexibility index (Phi) is 9.28. The number of benzene rings is 3. The fourth-order valence-corrected chi connectivity index (χ4v) is 3.74. The van der Waals surface area contributed by atoms with Crippen molar-refractivity contribution in [1.82, 2.24) is 15.8 Å². The van der Waals surface area contributed by atoms with Crippen molar-refractivity contribution in [2.24, 2.45) is 0 Å². The Hall–Kier alpha value is -5.31. The summed E-state index contributed by atoms with van der Waals surface area (Å²) >= 11 is 5.55. The zero-order valence-corrected chi connectivity index (χ0v) is 22.6. The number of nitrogens with one attached hydrogen (secondary N) is 4. The van der Waals surface area contributed by atoms with Crippen molar-refractivity contribution in [2.45, 2.75) is 12.4 Å². The molecule has 0 bridgehead atoms. The fraction of sp³-hybridized carbons (Fsp3) is 0.0714. The summed E-state index contributed by atoms with van der Waals surface area (Å²) in [4.78, 5) is 40.8. The molecule has 0 fully saturated rings. The molecule has 1 heterocycles. The standard InChI is InChI=1S/C28H18ClF6N5O4/c29-22-10-1-15(13-21(22)28(33,34)35)24(41)39-40-25(42)23-14-20(11-12-36-23)44-19-8-6-18(7-9-19)38-26(43)37-17-4-2-16(3-5-17)27(30,31)32/h1-14H,(H,39,41)(H,40,42)(H2,37,38,43). The fourth-order valence-electron chi connectivity index (χ4n) is 3.51. The molecule has 4 N–H and O–H groups in total. The number of rotatable bonds is 6. The zero-order valence-electron chi connectivity index (χ0n) is 21.8. The van der Waals surface area contributed by atoms with E-state index < -0.39 is 51.9 Å². The second-order valence-corrected chi connectivity index (χ2v) is 9.17. The molecule has 16 heteroatoms. The van der Waals surface area contributed by atoms with E-state index in [1.807, 2.05) is 10.9 Å². The van der Waals surface area contributed by atoms with E-state index in [1.54, 1.807) is 0 Å². The van der Waals surface area contributed by atoms with E-state index in [2.05, 4.69) is 15.6 Å². The van der Waals surface area contributed by atoms with Gasteiger partial charge in [-0.2, -0.15) is 26.3 Å². The molecule has 0 aliphatic heterocycles. The highest BCUT2D eigenvalue weighted by Gasteiger charge is 2.34. The van der Waals surface area contributed by atoms with Crippen molar-refractivity contribution < 1.29 is 45.5 Å². The molecule has 4 aromatic rings. The predicted molar refractivity (Wildman–Crippen MR) is 146 cm³/mol. The van der Waals surface area contributed by atoms with Crippen LogP contribution in [-0.2, 0) is 12.4 Å². The van der Waals surface area contributed by atoms with Gasteiger partial charge in [-0.25, -0.2) is 4.79 Å². The van der Waals surface area contributed by atoms with Crippen LogP contribution < -0.4 is 26.2 Å². The molecule has 3 aromatic carbocycles. The molecule has 0 unspecified atom stereocenters. The minimum Gasteiger partial charge on any atom is -0.457 e. The first-order valence-electron chi connectivity index (χ1n) is 12.2. The van der Waals surface area contributed by atoms with Gasteiger partial charge >= 0.3 is 18.4 Å². The number of carbonyl (C=O) groups excluding carboxylic acids is 3. The third-order valence-electron chi connectivity index (χ3n) is 5.61. The molecule has 0 atom stereocenters.